The summed E-state index contributed by atoms with van der Waals surface area (Å²) in [7, 11) is -3.78. The average molecular weight is 462 g/mol. The number of hydrogen-bond donors (Lipinski definition) is 2. The molecule has 1 saturated carbocycles. The van der Waals surface area contributed by atoms with Crippen LogP contribution in [0.25, 0.3) is 0 Å². The Morgan fingerprint density at radius 2 is 1.93 bits per heavy atom. The van der Waals surface area contributed by atoms with Crippen molar-refractivity contribution in [2.75, 3.05) is 19.6 Å². The SMILES string of the molecule is CCCCN1CCCC[C@@H]1CNC(=O)c1cc(S(=O)(=O)NC2CC2)c(Cl)cc1Cl. The van der Waals surface area contributed by atoms with E-state index < -0.39 is 10.0 Å². The summed E-state index contributed by atoms with van der Waals surface area (Å²) in [5, 5.41) is 3.10. The lowest BCUT2D eigenvalue weighted by Crippen LogP contribution is -2.47. The van der Waals surface area contributed by atoms with Crippen molar-refractivity contribution in [2.24, 2.45) is 0 Å². The molecule has 1 aromatic carbocycles. The largest absolute Gasteiger partial charge is 0.350 e. The molecular formula is C20H29Cl2N3O3S. The van der Waals surface area contributed by atoms with E-state index in [2.05, 4.69) is 21.9 Å². The van der Waals surface area contributed by atoms with E-state index in [4.69, 9.17) is 23.2 Å². The van der Waals surface area contributed by atoms with Gasteiger partial charge in [-0.2, -0.15) is 0 Å². The minimum absolute atomic E-state index is 0.0118. The Morgan fingerprint density at radius 3 is 2.62 bits per heavy atom. The van der Waals surface area contributed by atoms with Crippen LogP contribution in [0.1, 0.15) is 62.2 Å². The van der Waals surface area contributed by atoms with Crippen molar-refractivity contribution in [1.29, 1.82) is 0 Å². The second-order valence-corrected chi connectivity index (χ2v) is 10.4. The first-order chi connectivity index (χ1) is 13.8. The third-order valence-electron chi connectivity index (χ3n) is 5.50. The maximum atomic E-state index is 12.8. The molecule has 0 unspecified atom stereocenters. The lowest BCUT2D eigenvalue weighted by atomic mass is 10.0. The number of nitrogens with one attached hydrogen (secondary N) is 2. The summed E-state index contributed by atoms with van der Waals surface area (Å²) in [5.41, 5.74) is 0.128. The minimum Gasteiger partial charge on any atom is -0.350 e. The van der Waals surface area contributed by atoms with Gasteiger partial charge in [0.1, 0.15) is 4.90 Å². The first-order valence-electron chi connectivity index (χ1n) is 10.4. The predicted molar refractivity (Wildman–Crippen MR) is 116 cm³/mol. The molecular weight excluding hydrogens is 433 g/mol. The summed E-state index contributed by atoms with van der Waals surface area (Å²) in [5.74, 6) is -0.379. The van der Waals surface area contributed by atoms with Crippen molar-refractivity contribution < 1.29 is 13.2 Å². The molecule has 6 nitrogen and oxygen atoms in total. The molecule has 1 atom stereocenters. The highest BCUT2D eigenvalue weighted by Crippen LogP contribution is 2.30. The molecule has 2 N–H and O–H groups in total. The number of nitrogens with zero attached hydrogens (tertiary/aromatic N) is 1. The van der Waals surface area contributed by atoms with Gasteiger partial charge in [0.2, 0.25) is 10.0 Å². The molecule has 1 heterocycles. The topological polar surface area (TPSA) is 78.5 Å². The van der Waals surface area contributed by atoms with E-state index in [1.54, 1.807) is 0 Å². The molecule has 1 aliphatic heterocycles. The van der Waals surface area contributed by atoms with Crippen LogP contribution in [-0.2, 0) is 10.0 Å². The summed E-state index contributed by atoms with van der Waals surface area (Å²) in [6.45, 7) is 4.78. The number of sulfonamides is 1. The van der Waals surface area contributed by atoms with Gasteiger partial charge in [0, 0.05) is 18.6 Å². The van der Waals surface area contributed by atoms with E-state index in [1.807, 2.05) is 0 Å². The molecule has 1 aliphatic carbocycles. The summed E-state index contributed by atoms with van der Waals surface area (Å²) in [6.07, 6.45) is 7.29. The Labute approximate surface area is 183 Å². The quantitative estimate of drug-likeness (QED) is 0.585. The van der Waals surface area contributed by atoms with Crippen molar-refractivity contribution in [1.82, 2.24) is 14.9 Å². The highest BCUT2D eigenvalue weighted by molar-refractivity contribution is 7.89. The van der Waals surface area contributed by atoms with Gasteiger partial charge in [0.25, 0.3) is 5.91 Å². The van der Waals surface area contributed by atoms with Gasteiger partial charge in [-0.1, -0.05) is 43.0 Å². The first-order valence-corrected chi connectivity index (χ1v) is 12.6. The van der Waals surface area contributed by atoms with Crippen molar-refractivity contribution in [3.8, 4) is 0 Å². The van der Waals surface area contributed by atoms with Crippen LogP contribution in [-0.4, -0.2) is 50.9 Å². The maximum absolute atomic E-state index is 12.8. The smallest absolute Gasteiger partial charge is 0.252 e. The number of carbonyl (C=O) groups is 1. The number of benzene rings is 1. The molecule has 1 saturated heterocycles. The van der Waals surface area contributed by atoms with Gasteiger partial charge in [0.15, 0.2) is 0 Å². The maximum Gasteiger partial charge on any atom is 0.252 e. The number of halogens is 2. The normalized spacial score (nSPS) is 20.6. The Kier molecular flexibility index (Phi) is 7.84. The Bertz CT molecular complexity index is 844. The van der Waals surface area contributed by atoms with Crippen molar-refractivity contribution in [3.05, 3.63) is 27.7 Å². The van der Waals surface area contributed by atoms with Gasteiger partial charge in [-0.25, -0.2) is 13.1 Å². The highest BCUT2D eigenvalue weighted by Gasteiger charge is 2.30. The van der Waals surface area contributed by atoms with Crippen LogP contribution in [0.2, 0.25) is 10.0 Å². The van der Waals surface area contributed by atoms with Gasteiger partial charge < -0.3 is 5.32 Å². The zero-order valence-electron chi connectivity index (χ0n) is 16.7. The molecule has 29 heavy (non-hydrogen) atoms. The summed E-state index contributed by atoms with van der Waals surface area (Å²) in [4.78, 5) is 15.1. The van der Waals surface area contributed by atoms with Crippen LogP contribution in [0.5, 0.6) is 0 Å². The zero-order valence-corrected chi connectivity index (χ0v) is 19.0. The van der Waals surface area contributed by atoms with Gasteiger partial charge >= 0.3 is 0 Å². The van der Waals surface area contributed by atoms with Crippen LogP contribution in [0, 0.1) is 0 Å². The van der Waals surface area contributed by atoms with E-state index in [9.17, 15) is 13.2 Å². The van der Waals surface area contributed by atoms with Gasteiger partial charge in [-0.15, -0.1) is 0 Å². The van der Waals surface area contributed by atoms with E-state index in [-0.39, 0.29) is 32.5 Å². The molecule has 3 rings (SSSR count). The molecule has 0 aromatic heterocycles. The molecule has 0 radical (unpaired) electrons. The first kappa shape index (κ1) is 22.8. The second kappa shape index (κ2) is 9.96. The van der Waals surface area contributed by atoms with Crippen molar-refractivity contribution in [3.63, 3.8) is 0 Å². The van der Waals surface area contributed by atoms with Crippen LogP contribution >= 0.6 is 23.2 Å². The van der Waals surface area contributed by atoms with Gasteiger partial charge in [-0.3, -0.25) is 9.69 Å². The number of piperidine rings is 1. The lowest BCUT2D eigenvalue weighted by molar-refractivity contribution is 0.0912. The van der Waals surface area contributed by atoms with E-state index >= 15 is 0 Å². The Morgan fingerprint density at radius 1 is 1.17 bits per heavy atom. The Hall–Kier alpha value is -0.860. The molecule has 1 aromatic rings. The van der Waals surface area contributed by atoms with Crippen molar-refractivity contribution in [2.45, 2.75) is 68.8 Å². The van der Waals surface area contributed by atoms with E-state index in [0.29, 0.717) is 12.6 Å². The highest BCUT2D eigenvalue weighted by atomic mass is 35.5. The monoisotopic (exact) mass is 461 g/mol. The molecule has 2 fully saturated rings. The summed E-state index contributed by atoms with van der Waals surface area (Å²) < 4.78 is 27.7. The fourth-order valence-electron chi connectivity index (χ4n) is 3.65. The Balaban J connectivity index is 1.70. The standard InChI is InChI=1S/C20H29Cl2N3O3S/c1-2-3-9-25-10-5-4-6-15(25)13-23-20(26)16-11-19(18(22)12-17(16)21)29(27,28)24-14-7-8-14/h11-12,14-15,24H,2-10,13H2,1H3,(H,23,26)/t15-/m1/s1. The fraction of sp³-hybridized carbons (Fsp3) is 0.650. The third-order valence-corrected chi connectivity index (χ3v) is 7.80. The number of carbonyl (C=O) groups excluding carboxylic acids is 1. The van der Waals surface area contributed by atoms with Crippen molar-refractivity contribution >= 4 is 39.1 Å². The van der Waals surface area contributed by atoms with Crippen LogP contribution in [0.4, 0.5) is 0 Å². The number of likely N-dealkylation sites (tertiary alicyclic amines) is 1. The average Bonchev–Trinajstić information content (AvgIpc) is 3.48. The second-order valence-electron chi connectivity index (χ2n) is 7.91. The predicted octanol–water partition coefficient (Wildman–Crippen LogP) is 3.82. The van der Waals surface area contributed by atoms with E-state index in [0.717, 1.165) is 51.6 Å². The lowest BCUT2D eigenvalue weighted by Gasteiger charge is -2.35. The number of rotatable bonds is 9. The number of unbranched alkanes of at least 4 members (excludes halogenated alkanes) is 1. The number of hydrogen-bond acceptors (Lipinski definition) is 4. The van der Waals surface area contributed by atoms with Gasteiger partial charge in [0.05, 0.1) is 15.6 Å². The van der Waals surface area contributed by atoms with Crippen LogP contribution < -0.4 is 10.0 Å². The van der Waals surface area contributed by atoms with E-state index in [1.165, 1.54) is 18.6 Å². The van der Waals surface area contributed by atoms with Crippen LogP contribution in [0.3, 0.4) is 0 Å². The molecule has 2 aliphatic rings. The van der Waals surface area contributed by atoms with Crippen LogP contribution in [0.15, 0.2) is 17.0 Å². The molecule has 162 valence electrons. The zero-order chi connectivity index (χ0) is 21.0. The fourth-order valence-corrected chi connectivity index (χ4v) is 5.81. The molecule has 1 amide bonds. The third kappa shape index (κ3) is 6.07. The minimum atomic E-state index is -3.78. The summed E-state index contributed by atoms with van der Waals surface area (Å²) in [6, 6.07) is 2.85. The molecule has 9 heteroatoms. The molecule has 0 spiro atoms. The number of amides is 1. The summed E-state index contributed by atoms with van der Waals surface area (Å²) >= 11 is 12.3. The molecule has 0 bridgehead atoms. The van der Waals surface area contributed by atoms with Gasteiger partial charge in [-0.05, 0) is 57.3 Å².